The lowest BCUT2D eigenvalue weighted by molar-refractivity contribution is 0.0256. The third-order valence-corrected chi connectivity index (χ3v) is 3.63. The van der Waals surface area contributed by atoms with Crippen LogP contribution in [0.25, 0.3) is 0 Å². The van der Waals surface area contributed by atoms with Crippen molar-refractivity contribution in [2.75, 3.05) is 26.4 Å². The van der Waals surface area contributed by atoms with Gasteiger partial charge in [0.2, 0.25) is 0 Å². The van der Waals surface area contributed by atoms with Crippen molar-refractivity contribution >= 4 is 17.9 Å². The zero-order valence-corrected chi connectivity index (χ0v) is 15.2. The fourth-order valence-electron chi connectivity index (χ4n) is 2.51. The molecular weight excluding hydrogens is 340 g/mol. The van der Waals surface area contributed by atoms with E-state index < -0.39 is 36.2 Å². The molecule has 26 heavy (non-hydrogen) atoms. The first-order valence-electron chi connectivity index (χ1n) is 8.37. The van der Waals surface area contributed by atoms with Crippen molar-refractivity contribution in [1.29, 1.82) is 0 Å². The number of nitrogens with zero attached hydrogens (tertiary/aromatic N) is 1. The van der Waals surface area contributed by atoms with Gasteiger partial charge in [-0.15, -0.1) is 0 Å². The Hall–Kier alpha value is -2.45. The molecule has 1 unspecified atom stereocenters. The predicted molar refractivity (Wildman–Crippen MR) is 92.9 cm³/mol. The normalized spacial score (nSPS) is 15.0. The largest absolute Gasteiger partial charge is 0.444 e. The highest BCUT2D eigenvalue weighted by atomic mass is 16.6. The number of hydrogen-bond donors (Lipinski definition) is 2. The number of imide groups is 1. The van der Waals surface area contributed by atoms with Crippen molar-refractivity contribution in [3.05, 3.63) is 35.4 Å². The van der Waals surface area contributed by atoms with E-state index in [2.05, 4.69) is 5.32 Å². The number of fused-ring (bicyclic) bond motifs is 1. The van der Waals surface area contributed by atoms with Crippen LogP contribution in [0.5, 0.6) is 0 Å². The van der Waals surface area contributed by atoms with Crippen LogP contribution in [0.2, 0.25) is 0 Å². The second-order valence-corrected chi connectivity index (χ2v) is 6.87. The Morgan fingerprint density at radius 3 is 2.27 bits per heavy atom. The van der Waals surface area contributed by atoms with E-state index in [-0.39, 0.29) is 19.8 Å². The van der Waals surface area contributed by atoms with Crippen LogP contribution in [-0.4, -0.2) is 65.9 Å². The van der Waals surface area contributed by atoms with Crippen LogP contribution in [0.3, 0.4) is 0 Å². The number of amides is 3. The highest BCUT2D eigenvalue weighted by Gasteiger charge is 2.39. The predicted octanol–water partition coefficient (Wildman–Crippen LogP) is 1.18. The summed E-state index contributed by atoms with van der Waals surface area (Å²) in [5.74, 6) is -0.889. The standard InChI is InChI=1S/C18H24N2O6/c1-18(2,3)26-17(24)19-8-9-25-11-12(10-21)20-15(22)13-6-4-5-7-14(13)16(20)23/h4-7,12,21H,8-11H2,1-3H3,(H,19,24). The molecule has 3 amide bonds. The van der Waals surface area contributed by atoms with E-state index in [0.717, 1.165) is 4.90 Å². The van der Waals surface area contributed by atoms with Gasteiger partial charge in [0.05, 0.1) is 37.0 Å². The maximum atomic E-state index is 12.4. The Morgan fingerprint density at radius 2 is 1.77 bits per heavy atom. The van der Waals surface area contributed by atoms with E-state index in [1.165, 1.54) is 0 Å². The van der Waals surface area contributed by atoms with Gasteiger partial charge in [-0.3, -0.25) is 14.5 Å². The van der Waals surface area contributed by atoms with Gasteiger partial charge in [0.15, 0.2) is 0 Å². The van der Waals surface area contributed by atoms with Crippen LogP contribution >= 0.6 is 0 Å². The highest BCUT2D eigenvalue weighted by Crippen LogP contribution is 2.24. The number of benzene rings is 1. The molecule has 1 aromatic carbocycles. The van der Waals surface area contributed by atoms with Crippen molar-refractivity contribution in [3.8, 4) is 0 Å². The molecule has 0 bridgehead atoms. The topological polar surface area (TPSA) is 105 Å². The number of carbonyl (C=O) groups is 3. The smallest absolute Gasteiger partial charge is 0.407 e. The Morgan fingerprint density at radius 1 is 1.19 bits per heavy atom. The lowest BCUT2D eigenvalue weighted by Gasteiger charge is -2.24. The number of rotatable bonds is 7. The Kier molecular flexibility index (Phi) is 6.33. The average Bonchev–Trinajstić information content (AvgIpc) is 2.82. The summed E-state index contributed by atoms with van der Waals surface area (Å²) in [7, 11) is 0. The van der Waals surface area contributed by atoms with Crippen LogP contribution < -0.4 is 5.32 Å². The fraction of sp³-hybridized carbons (Fsp3) is 0.500. The van der Waals surface area contributed by atoms with Crippen LogP contribution in [0, 0.1) is 0 Å². The molecule has 0 saturated carbocycles. The van der Waals surface area contributed by atoms with Crippen LogP contribution in [0.1, 0.15) is 41.5 Å². The molecule has 0 aromatic heterocycles. The van der Waals surface area contributed by atoms with Crippen molar-refractivity contribution in [1.82, 2.24) is 10.2 Å². The van der Waals surface area contributed by atoms with Gasteiger partial charge in [-0.25, -0.2) is 4.79 Å². The lowest BCUT2D eigenvalue weighted by atomic mass is 10.1. The van der Waals surface area contributed by atoms with Gasteiger partial charge in [0.25, 0.3) is 11.8 Å². The molecule has 1 aromatic rings. The second kappa shape index (κ2) is 8.29. The molecule has 0 spiro atoms. The highest BCUT2D eigenvalue weighted by molar-refractivity contribution is 6.21. The molecule has 2 rings (SSSR count). The molecule has 1 atom stereocenters. The molecule has 142 valence electrons. The SMILES string of the molecule is CC(C)(C)OC(=O)NCCOCC(CO)N1C(=O)c2ccccc2C1=O. The number of carbonyl (C=O) groups excluding carboxylic acids is 3. The first kappa shape index (κ1) is 19.9. The number of ether oxygens (including phenoxy) is 2. The van der Waals surface area contributed by atoms with Gasteiger partial charge >= 0.3 is 6.09 Å². The molecule has 1 aliphatic heterocycles. The second-order valence-electron chi connectivity index (χ2n) is 6.87. The minimum Gasteiger partial charge on any atom is -0.444 e. The zero-order chi connectivity index (χ0) is 19.3. The van der Waals surface area contributed by atoms with Gasteiger partial charge in [0, 0.05) is 6.54 Å². The molecular formula is C18H24N2O6. The summed E-state index contributed by atoms with van der Waals surface area (Å²) in [4.78, 5) is 37.3. The summed E-state index contributed by atoms with van der Waals surface area (Å²) >= 11 is 0. The third-order valence-electron chi connectivity index (χ3n) is 3.63. The molecule has 0 aliphatic carbocycles. The summed E-state index contributed by atoms with van der Waals surface area (Å²) in [6, 6.07) is 5.73. The molecule has 8 heteroatoms. The summed E-state index contributed by atoms with van der Waals surface area (Å²) in [6.45, 7) is 5.20. The average molecular weight is 364 g/mol. The molecule has 1 aliphatic rings. The number of aliphatic hydroxyl groups excluding tert-OH is 1. The van der Waals surface area contributed by atoms with E-state index in [0.29, 0.717) is 11.1 Å². The summed E-state index contributed by atoms with van der Waals surface area (Å²) in [6.07, 6.45) is -0.555. The van der Waals surface area contributed by atoms with Crippen LogP contribution in [0.15, 0.2) is 24.3 Å². The van der Waals surface area contributed by atoms with Crippen molar-refractivity contribution in [3.63, 3.8) is 0 Å². The van der Waals surface area contributed by atoms with Crippen molar-refractivity contribution < 1.29 is 29.0 Å². The zero-order valence-electron chi connectivity index (χ0n) is 15.2. The molecule has 0 fully saturated rings. The van der Waals surface area contributed by atoms with Gasteiger partial charge in [0.1, 0.15) is 5.60 Å². The summed E-state index contributed by atoms with van der Waals surface area (Å²) in [5, 5.41) is 12.1. The Balaban J connectivity index is 1.81. The number of aliphatic hydroxyl groups is 1. The summed E-state index contributed by atoms with van der Waals surface area (Å²) < 4.78 is 10.5. The van der Waals surface area contributed by atoms with Gasteiger partial charge in [-0.2, -0.15) is 0 Å². The number of nitrogens with one attached hydrogen (secondary N) is 1. The number of alkyl carbamates (subject to hydrolysis) is 1. The van der Waals surface area contributed by atoms with Crippen LogP contribution in [-0.2, 0) is 9.47 Å². The molecule has 8 nitrogen and oxygen atoms in total. The minimum absolute atomic E-state index is 0.0298. The fourth-order valence-corrected chi connectivity index (χ4v) is 2.51. The van der Waals surface area contributed by atoms with E-state index in [1.807, 2.05) is 0 Å². The molecule has 0 radical (unpaired) electrons. The summed E-state index contributed by atoms with van der Waals surface area (Å²) in [5.41, 5.74) is 0.0587. The quantitative estimate of drug-likeness (QED) is 0.556. The minimum atomic E-state index is -0.788. The number of hydrogen-bond acceptors (Lipinski definition) is 6. The molecule has 1 heterocycles. The van der Waals surface area contributed by atoms with E-state index >= 15 is 0 Å². The van der Waals surface area contributed by atoms with Crippen LogP contribution in [0.4, 0.5) is 4.79 Å². The third kappa shape index (κ3) is 4.80. The Bertz CT molecular complexity index is 648. The lowest BCUT2D eigenvalue weighted by Crippen LogP contribution is -2.45. The monoisotopic (exact) mass is 364 g/mol. The molecule has 0 saturated heterocycles. The van der Waals surface area contributed by atoms with Crippen molar-refractivity contribution in [2.45, 2.75) is 32.4 Å². The van der Waals surface area contributed by atoms with E-state index in [9.17, 15) is 19.5 Å². The van der Waals surface area contributed by atoms with Gasteiger partial charge in [-0.1, -0.05) is 12.1 Å². The maximum Gasteiger partial charge on any atom is 0.407 e. The Labute approximate surface area is 152 Å². The van der Waals surface area contributed by atoms with Gasteiger partial charge in [-0.05, 0) is 32.9 Å². The van der Waals surface area contributed by atoms with Crippen molar-refractivity contribution in [2.24, 2.45) is 0 Å². The van der Waals surface area contributed by atoms with Gasteiger partial charge < -0.3 is 19.9 Å². The van der Waals surface area contributed by atoms with E-state index in [4.69, 9.17) is 9.47 Å². The molecule has 2 N–H and O–H groups in total. The van der Waals surface area contributed by atoms with E-state index in [1.54, 1.807) is 45.0 Å². The maximum absolute atomic E-state index is 12.4. The first-order valence-corrected chi connectivity index (χ1v) is 8.37. The first-order chi connectivity index (χ1) is 12.2.